The first kappa shape index (κ1) is 19.0. The first-order valence-corrected chi connectivity index (χ1v) is 7.55. The fourth-order valence-electron chi connectivity index (χ4n) is 2.14. The van der Waals surface area contributed by atoms with Crippen molar-refractivity contribution in [3.8, 4) is 16.9 Å². The van der Waals surface area contributed by atoms with Gasteiger partial charge in [0.2, 0.25) is 0 Å². The third-order valence-electron chi connectivity index (χ3n) is 3.28. The average molecular weight is 335 g/mol. The second-order valence-electron chi connectivity index (χ2n) is 5.00. The van der Waals surface area contributed by atoms with Gasteiger partial charge in [-0.1, -0.05) is 48.5 Å². The Kier molecular flexibility index (Phi) is 8.80. The molecule has 23 heavy (non-hydrogen) atoms. The highest BCUT2D eigenvalue weighted by Crippen LogP contribution is 2.29. The normalized spacial score (nSPS) is 9.78. The Balaban J connectivity index is 0.00000264. The van der Waals surface area contributed by atoms with Crippen LogP contribution in [0.3, 0.4) is 0 Å². The molecule has 2 rings (SSSR count). The van der Waals surface area contributed by atoms with Crippen molar-refractivity contribution in [2.24, 2.45) is 5.73 Å². The maximum atomic E-state index is 11.8. The van der Waals surface area contributed by atoms with Gasteiger partial charge in [-0.2, -0.15) is 0 Å². The molecule has 124 valence electrons. The van der Waals surface area contributed by atoms with Gasteiger partial charge in [-0.3, -0.25) is 4.79 Å². The number of hydrogen-bond donors (Lipinski definition) is 2. The zero-order chi connectivity index (χ0) is 15.6. The van der Waals surface area contributed by atoms with Crippen molar-refractivity contribution in [3.05, 3.63) is 54.6 Å². The van der Waals surface area contributed by atoms with Gasteiger partial charge in [0, 0.05) is 12.1 Å². The Hall–Kier alpha value is -2.04. The van der Waals surface area contributed by atoms with E-state index in [1.165, 1.54) is 0 Å². The highest BCUT2D eigenvalue weighted by Gasteiger charge is 2.07. The quantitative estimate of drug-likeness (QED) is 0.729. The number of ether oxygens (including phenoxy) is 1. The van der Waals surface area contributed by atoms with E-state index in [4.69, 9.17) is 10.5 Å². The molecule has 0 saturated heterocycles. The molecule has 0 bridgehead atoms. The molecule has 0 saturated carbocycles. The summed E-state index contributed by atoms with van der Waals surface area (Å²) in [5, 5.41) is 2.83. The number of para-hydroxylation sites is 1. The van der Waals surface area contributed by atoms with Crippen molar-refractivity contribution in [1.29, 1.82) is 0 Å². The molecule has 4 nitrogen and oxygen atoms in total. The topological polar surface area (TPSA) is 64.3 Å². The fourth-order valence-corrected chi connectivity index (χ4v) is 2.14. The van der Waals surface area contributed by atoms with Gasteiger partial charge in [-0.15, -0.1) is 12.4 Å². The summed E-state index contributed by atoms with van der Waals surface area (Å²) in [6.07, 6.45) is 1.81. The van der Waals surface area contributed by atoms with Crippen LogP contribution in [0, 0.1) is 0 Å². The van der Waals surface area contributed by atoms with Gasteiger partial charge < -0.3 is 15.8 Å². The monoisotopic (exact) mass is 334 g/mol. The fraction of sp³-hybridized carbons (Fsp3) is 0.278. The van der Waals surface area contributed by atoms with Crippen LogP contribution in [-0.2, 0) is 4.79 Å². The van der Waals surface area contributed by atoms with E-state index in [0.717, 1.165) is 24.0 Å². The number of nitrogens with two attached hydrogens (primary N) is 1. The van der Waals surface area contributed by atoms with Gasteiger partial charge in [-0.25, -0.2) is 0 Å². The number of halogens is 1. The third-order valence-corrected chi connectivity index (χ3v) is 3.28. The molecule has 2 aromatic rings. The number of unbranched alkanes of at least 4 members (excludes halogenated alkanes) is 1. The molecule has 0 heterocycles. The molecule has 0 aliphatic heterocycles. The molecule has 0 atom stereocenters. The van der Waals surface area contributed by atoms with E-state index in [1.54, 1.807) is 0 Å². The van der Waals surface area contributed by atoms with E-state index in [2.05, 4.69) is 5.32 Å². The Bertz CT molecular complexity index is 591. The van der Waals surface area contributed by atoms with Crippen molar-refractivity contribution >= 4 is 18.3 Å². The van der Waals surface area contributed by atoms with Gasteiger partial charge in [0.05, 0.1) is 0 Å². The molecule has 0 spiro atoms. The molecule has 5 heteroatoms. The van der Waals surface area contributed by atoms with E-state index in [9.17, 15) is 4.79 Å². The molecular weight excluding hydrogens is 312 g/mol. The Labute approximate surface area is 143 Å². The number of hydrogen-bond acceptors (Lipinski definition) is 3. The average Bonchev–Trinajstić information content (AvgIpc) is 2.58. The lowest BCUT2D eigenvalue weighted by Gasteiger charge is -2.11. The minimum absolute atomic E-state index is 0. The Morgan fingerprint density at radius 2 is 1.70 bits per heavy atom. The van der Waals surface area contributed by atoms with Crippen molar-refractivity contribution in [2.45, 2.75) is 12.8 Å². The van der Waals surface area contributed by atoms with Gasteiger partial charge >= 0.3 is 0 Å². The lowest BCUT2D eigenvalue weighted by molar-refractivity contribution is -0.123. The van der Waals surface area contributed by atoms with Crippen LogP contribution in [0.5, 0.6) is 5.75 Å². The third kappa shape index (κ3) is 6.30. The second-order valence-corrected chi connectivity index (χ2v) is 5.00. The highest BCUT2D eigenvalue weighted by molar-refractivity contribution is 5.85. The molecule has 0 aliphatic carbocycles. The van der Waals surface area contributed by atoms with Crippen molar-refractivity contribution < 1.29 is 9.53 Å². The molecule has 0 fully saturated rings. The van der Waals surface area contributed by atoms with Crippen LogP contribution < -0.4 is 15.8 Å². The number of nitrogens with one attached hydrogen (secondary N) is 1. The molecule has 2 aromatic carbocycles. The van der Waals surface area contributed by atoms with E-state index in [0.29, 0.717) is 18.8 Å². The maximum absolute atomic E-state index is 11.8. The van der Waals surface area contributed by atoms with Crippen LogP contribution in [0.4, 0.5) is 0 Å². The summed E-state index contributed by atoms with van der Waals surface area (Å²) in [4.78, 5) is 11.8. The van der Waals surface area contributed by atoms with Gasteiger partial charge in [-0.05, 0) is 31.0 Å². The number of carbonyl (C=O) groups is 1. The van der Waals surface area contributed by atoms with Crippen molar-refractivity contribution in [2.75, 3.05) is 19.7 Å². The number of benzene rings is 2. The van der Waals surface area contributed by atoms with E-state index >= 15 is 0 Å². The van der Waals surface area contributed by atoms with E-state index < -0.39 is 0 Å². The molecule has 0 radical (unpaired) electrons. The van der Waals surface area contributed by atoms with Crippen LogP contribution in [-0.4, -0.2) is 25.6 Å². The number of amides is 1. The first-order valence-electron chi connectivity index (χ1n) is 7.55. The number of rotatable bonds is 8. The standard InChI is InChI=1S/C18H22N2O2.ClH/c19-12-6-7-13-20-18(21)14-22-17-11-5-4-10-16(17)15-8-2-1-3-9-15;/h1-5,8-11H,6-7,12-14,19H2,(H,20,21);1H. The molecule has 0 aromatic heterocycles. The SMILES string of the molecule is Cl.NCCCCNC(=O)COc1ccccc1-c1ccccc1. The summed E-state index contributed by atoms with van der Waals surface area (Å²) in [6, 6.07) is 17.7. The van der Waals surface area contributed by atoms with Gasteiger partial charge in [0.25, 0.3) is 5.91 Å². The summed E-state index contributed by atoms with van der Waals surface area (Å²) in [5.74, 6) is 0.602. The van der Waals surface area contributed by atoms with Gasteiger partial charge in [0.1, 0.15) is 5.75 Å². The Morgan fingerprint density at radius 1 is 1.00 bits per heavy atom. The smallest absolute Gasteiger partial charge is 0.257 e. The minimum atomic E-state index is -0.111. The Morgan fingerprint density at radius 3 is 2.43 bits per heavy atom. The summed E-state index contributed by atoms with van der Waals surface area (Å²) >= 11 is 0. The van der Waals surface area contributed by atoms with Crippen LogP contribution in [0.25, 0.3) is 11.1 Å². The molecule has 0 unspecified atom stereocenters. The molecule has 3 N–H and O–H groups in total. The number of carbonyl (C=O) groups excluding carboxylic acids is 1. The lowest BCUT2D eigenvalue weighted by Crippen LogP contribution is -2.30. The van der Waals surface area contributed by atoms with Gasteiger partial charge in [0.15, 0.2) is 6.61 Å². The van der Waals surface area contributed by atoms with Crippen LogP contribution in [0.1, 0.15) is 12.8 Å². The molecular formula is C18H23ClN2O2. The van der Waals surface area contributed by atoms with Crippen molar-refractivity contribution in [1.82, 2.24) is 5.32 Å². The summed E-state index contributed by atoms with van der Waals surface area (Å²) in [7, 11) is 0. The largest absolute Gasteiger partial charge is 0.483 e. The van der Waals surface area contributed by atoms with Crippen LogP contribution in [0.15, 0.2) is 54.6 Å². The molecule has 1 amide bonds. The predicted molar refractivity (Wildman–Crippen MR) is 95.9 cm³/mol. The summed E-state index contributed by atoms with van der Waals surface area (Å²) in [5.41, 5.74) is 7.47. The van der Waals surface area contributed by atoms with E-state index in [1.807, 2.05) is 54.6 Å². The maximum Gasteiger partial charge on any atom is 0.257 e. The second kappa shape index (κ2) is 10.6. The first-order chi connectivity index (χ1) is 10.8. The lowest BCUT2D eigenvalue weighted by atomic mass is 10.1. The predicted octanol–water partition coefficient (Wildman–Crippen LogP) is 3.01. The highest BCUT2D eigenvalue weighted by atomic mass is 35.5. The summed E-state index contributed by atoms with van der Waals surface area (Å²) < 4.78 is 5.67. The van der Waals surface area contributed by atoms with E-state index in [-0.39, 0.29) is 24.9 Å². The molecule has 0 aliphatic rings. The van der Waals surface area contributed by atoms with Crippen LogP contribution >= 0.6 is 12.4 Å². The zero-order valence-corrected chi connectivity index (χ0v) is 13.9. The minimum Gasteiger partial charge on any atom is -0.483 e. The summed E-state index contributed by atoms with van der Waals surface area (Å²) in [6.45, 7) is 1.31. The van der Waals surface area contributed by atoms with Crippen molar-refractivity contribution in [3.63, 3.8) is 0 Å². The van der Waals surface area contributed by atoms with Crippen LogP contribution in [0.2, 0.25) is 0 Å². The zero-order valence-electron chi connectivity index (χ0n) is 13.0.